The van der Waals surface area contributed by atoms with Crippen LogP contribution in [0.5, 0.6) is 0 Å². The first-order valence-electron chi connectivity index (χ1n) is 7.80. The summed E-state index contributed by atoms with van der Waals surface area (Å²) in [5.41, 5.74) is 1.51. The molecule has 3 rings (SSSR count). The van der Waals surface area contributed by atoms with Gasteiger partial charge >= 0.3 is 6.09 Å². The molecule has 0 spiro atoms. The Morgan fingerprint density at radius 1 is 1.04 bits per heavy atom. The number of rotatable bonds is 5. The van der Waals surface area contributed by atoms with Crippen LogP contribution >= 0.6 is 0 Å². The van der Waals surface area contributed by atoms with Crippen molar-refractivity contribution in [1.29, 1.82) is 0 Å². The molecule has 1 heterocycles. The second-order valence-electron chi connectivity index (χ2n) is 5.62. The number of anilines is 3. The van der Waals surface area contributed by atoms with Crippen LogP contribution in [0.4, 0.5) is 21.9 Å². The first-order valence-corrected chi connectivity index (χ1v) is 9.28. The summed E-state index contributed by atoms with van der Waals surface area (Å²) in [5, 5.41) is 2.57. The maximum atomic E-state index is 12.4. The van der Waals surface area contributed by atoms with Crippen LogP contribution < -0.4 is 14.9 Å². The van der Waals surface area contributed by atoms with Crippen LogP contribution in [0.15, 0.2) is 53.4 Å². The van der Waals surface area contributed by atoms with E-state index in [-0.39, 0.29) is 10.8 Å². The van der Waals surface area contributed by atoms with E-state index in [1.165, 1.54) is 36.1 Å². The molecule has 0 aromatic heterocycles. The fraction of sp³-hybridized carbons (Fsp3) is 0.176. The molecule has 8 nitrogen and oxygen atoms in total. The van der Waals surface area contributed by atoms with Crippen molar-refractivity contribution in [2.75, 3.05) is 28.1 Å². The van der Waals surface area contributed by atoms with Gasteiger partial charge in [0.2, 0.25) is 5.91 Å². The average molecular weight is 375 g/mol. The van der Waals surface area contributed by atoms with Gasteiger partial charge in [0.15, 0.2) is 0 Å². The number of benzene rings is 2. The van der Waals surface area contributed by atoms with Crippen LogP contribution in [-0.4, -0.2) is 33.6 Å². The molecule has 2 aromatic rings. The van der Waals surface area contributed by atoms with Crippen molar-refractivity contribution in [1.82, 2.24) is 0 Å². The minimum Gasteiger partial charge on any atom is -0.447 e. The molecule has 0 saturated carbocycles. The monoisotopic (exact) mass is 375 g/mol. The zero-order valence-corrected chi connectivity index (χ0v) is 14.7. The van der Waals surface area contributed by atoms with Gasteiger partial charge in [0, 0.05) is 24.0 Å². The molecule has 2 N–H and O–H groups in total. The molecule has 1 aliphatic rings. The Morgan fingerprint density at radius 3 is 2.19 bits per heavy atom. The number of carbonyl (C=O) groups excluding carboxylic acids is 2. The van der Waals surface area contributed by atoms with Crippen LogP contribution in [0.25, 0.3) is 0 Å². The molecule has 136 valence electrons. The summed E-state index contributed by atoms with van der Waals surface area (Å²) in [4.78, 5) is 24.1. The zero-order valence-electron chi connectivity index (χ0n) is 13.9. The lowest BCUT2D eigenvalue weighted by molar-refractivity contribution is -0.114. The SMILES string of the molecule is CC(=O)Nc1ccc(S(=O)(=O)Nc2ccc(N3CCOC3=O)cc2)cc1. The predicted molar refractivity (Wildman–Crippen MR) is 96.7 cm³/mol. The van der Waals surface area contributed by atoms with Gasteiger partial charge in [0.1, 0.15) is 6.61 Å². The van der Waals surface area contributed by atoms with Crippen LogP contribution in [0.2, 0.25) is 0 Å². The van der Waals surface area contributed by atoms with Crippen LogP contribution in [0.1, 0.15) is 6.92 Å². The van der Waals surface area contributed by atoms with E-state index >= 15 is 0 Å². The average Bonchev–Trinajstić information content (AvgIpc) is 3.01. The van der Waals surface area contributed by atoms with Crippen LogP contribution in [-0.2, 0) is 19.6 Å². The Morgan fingerprint density at radius 2 is 1.65 bits per heavy atom. The highest BCUT2D eigenvalue weighted by Gasteiger charge is 2.23. The first kappa shape index (κ1) is 17.7. The summed E-state index contributed by atoms with van der Waals surface area (Å²) in [6.07, 6.45) is -0.419. The Bertz CT molecular complexity index is 924. The van der Waals surface area contributed by atoms with Gasteiger partial charge in [-0.2, -0.15) is 0 Å². The van der Waals surface area contributed by atoms with Crippen molar-refractivity contribution in [3.8, 4) is 0 Å². The summed E-state index contributed by atoms with van der Waals surface area (Å²) >= 11 is 0. The standard InChI is InChI=1S/C17H17N3O5S/c1-12(21)18-13-4-8-16(9-5-13)26(23,24)19-14-2-6-15(7-3-14)20-10-11-25-17(20)22/h2-9,19H,10-11H2,1H3,(H,18,21). The number of hydrogen-bond donors (Lipinski definition) is 2. The summed E-state index contributed by atoms with van der Waals surface area (Å²) in [6, 6.07) is 12.3. The predicted octanol–water partition coefficient (Wildman–Crippen LogP) is 2.40. The third-order valence-corrected chi connectivity index (χ3v) is 5.07. The number of ether oxygens (including phenoxy) is 1. The normalized spacial score (nSPS) is 14.0. The van der Waals surface area contributed by atoms with Crippen molar-refractivity contribution >= 4 is 39.1 Å². The topological polar surface area (TPSA) is 105 Å². The van der Waals surface area contributed by atoms with Crippen molar-refractivity contribution in [2.24, 2.45) is 0 Å². The van der Waals surface area contributed by atoms with E-state index in [1.807, 2.05) is 0 Å². The van der Waals surface area contributed by atoms with Crippen LogP contribution in [0.3, 0.4) is 0 Å². The molecule has 2 aromatic carbocycles. The van der Waals surface area contributed by atoms with E-state index in [1.54, 1.807) is 24.3 Å². The second kappa shape index (κ2) is 7.04. The van der Waals surface area contributed by atoms with Gasteiger partial charge in [-0.3, -0.25) is 14.4 Å². The van der Waals surface area contributed by atoms with Gasteiger partial charge in [-0.15, -0.1) is 0 Å². The van der Waals surface area contributed by atoms with Gasteiger partial charge in [-0.05, 0) is 48.5 Å². The van der Waals surface area contributed by atoms with Crippen LogP contribution in [0, 0.1) is 0 Å². The van der Waals surface area contributed by atoms with Gasteiger partial charge in [-0.25, -0.2) is 13.2 Å². The molecule has 1 saturated heterocycles. The molecule has 0 unspecified atom stereocenters. The summed E-state index contributed by atoms with van der Waals surface area (Å²) in [7, 11) is -3.77. The smallest absolute Gasteiger partial charge is 0.414 e. The van der Waals surface area contributed by atoms with Crippen molar-refractivity contribution in [2.45, 2.75) is 11.8 Å². The van der Waals surface area contributed by atoms with Gasteiger partial charge in [-0.1, -0.05) is 0 Å². The number of nitrogens with one attached hydrogen (secondary N) is 2. The highest BCUT2D eigenvalue weighted by Crippen LogP contribution is 2.23. The molecule has 0 radical (unpaired) electrons. The third kappa shape index (κ3) is 3.94. The van der Waals surface area contributed by atoms with E-state index < -0.39 is 16.1 Å². The molecule has 26 heavy (non-hydrogen) atoms. The molecule has 1 aliphatic heterocycles. The lowest BCUT2D eigenvalue weighted by atomic mass is 10.2. The maximum absolute atomic E-state index is 12.4. The number of sulfonamides is 1. The molecule has 1 fully saturated rings. The Balaban J connectivity index is 1.72. The van der Waals surface area contributed by atoms with E-state index in [0.717, 1.165) is 0 Å². The van der Waals surface area contributed by atoms with Crippen molar-refractivity contribution in [3.63, 3.8) is 0 Å². The molecule has 0 atom stereocenters. The Hall–Kier alpha value is -3.07. The summed E-state index contributed by atoms with van der Waals surface area (Å²) < 4.78 is 32.2. The fourth-order valence-corrected chi connectivity index (χ4v) is 3.53. The van der Waals surface area contributed by atoms with Gasteiger partial charge in [0.25, 0.3) is 10.0 Å². The first-order chi connectivity index (χ1) is 12.3. The molecular weight excluding hydrogens is 358 g/mol. The largest absolute Gasteiger partial charge is 0.447 e. The van der Waals surface area contributed by atoms with Crippen molar-refractivity contribution in [3.05, 3.63) is 48.5 Å². The molecule has 0 aliphatic carbocycles. The fourth-order valence-electron chi connectivity index (χ4n) is 2.47. The molecule has 9 heteroatoms. The zero-order chi connectivity index (χ0) is 18.7. The lowest BCUT2D eigenvalue weighted by Crippen LogP contribution is -2.23. The van der Waals surface area contributed by atoms with Gasteiger partial charge in [0.05, 0.1) is 11.4 Å². The second-order valence-corrected chi connectivity index (χ2v) is 7.31. The highest BCUT2D eigenvalue weighted by molar-refractivity contribution is 7.92. The number of nitrogens with zero attached hydrogens (tertiary/aromatic N) is 1. The number of amides is 2. The summed E-state index contributed by atoms with van der Waals surface area (Å²) in [6.45, 7) is 2.17. The highest BCUT2D eigenvalue weighted by atomic mass is 32.2. The quantitative estimate of drug-likeness (QED) is 0.835. The van der Waals surface area contributed by atoms with E-state index in [2.05, 4.69) is 10.0 Å². The third-order valence-electron chi connectivity index (χ3n) is 3.68. The molecule has 0 bridgehead atoms. The van der Waals surface area contributed by atoms with E-state index in [9.17, 15) is 18.0 Å². The van der Waals surface area contributed by atoms with Gasteiger partial charge < -0.3 is 10.1 Å². The Kier molecular flexibility index (Phi) is 4.81. The molecule has 2 amide bonds. The lowest BCUT2D eigenvalue weighted by Gasteiger charge is -2.14. The number of hydrogen-bond acceptors (Lipinski definition) is 5. The number of carbonyl (C=O) groups is 2. The van der Waals surface area contributed by atoms with E-state index in [4.69, 9.17) is 4.74 Å². The maximum Gasteiger partial charge on any atom is 0.414 e. The molecular formula is C17H17N3O5S. The van der Waals surface area contributed by atoms with Crippen molar-refractivity contribution < 1.29 is 22.7 Å². The summed E-state index contributed by atoms with van der Waals surface area (Å²) in [5.74, 6) is -0.235. The minimum atomic E-state index is -3.77. The minimum absolute atomic E-state index is 0.0683. The number of cyclic esters (lactones) is 1. The van der Waals surface area contributed by atoms with E-state index in [0.29, 0.717) is 30.2 Å². The Labute approximate surface area is 150 Å².